The van der Waals surface area contributed by atoms with E-state index in [9.17, 15) is 9.59 Å². The van der Waals surface area contributed by atoms with Gasteiger partial charge in [0.05, 0.1) is 12.5 Å². The molecule has 1 atom stereocenters. The molecule has 1 aliphatic heterocycles. The van der Waals surface area contributed by atoms with Crippen LogP contribution in [0.5, 0.6) is 0 Å². The number of aliphatic hydroxyl groups excluding tert-OH is 1. The Morgan fingerprint density at radius 2 is 1.88 bits per heavy atom. The lowest BCUT2D eigenvalue weighted by atomic mass is 10.1. The van der Waals surface area contributed by atoms with Crippen molar-refractivity contribution >= 4 is 17.5 Å². The van der Waals surface area contributed by atoms with Crippen LogP contribution < -0.4 is 5.32 Å². The number of carbonyl (C=O) groups excluding carboxylic acids is 2. The van der Waals surface area contributed by atoms with E-state index in [0.29, 0.717) is 18.8 Å². The minimum Gasteiger partial charge on any atom is -0.392 e. The smallest absolute Gasteiger partial charge is 0.229 e. The van der Waals surface area contributed by atoms with Crippen molar-refractivity contribution in [3.05, 3.63) is 65.7 Å². The second-order valence-corrected chi connectivity index (χ2v) is 6.01. The highest BCUT2D eigenvalue weighted by Crippen LogP contribution is 2.22. The van der Waals surface area contributed by atoms with Crippen LogP contribution in [0.1, 0.15) is 17.5 Å². The van der Waals surface area contributed by atoms with Crippen molar-refractivity contribution in [2.24, 2.45) is 5.92 Å². The lowest BCUT2D eigenvalue weighted by molar-refractivity contribution is -0.128. The Labute approximate surface area is 140 Å². The minimum atomic E-state index is -0.348. The lowest BCUT2D eigenvalue weighted by Gasteiger charge is -2.16. The quantitative estimate of drug-likeness (QED) is 0.885. The number of amides is 2. The second kappa shape index (κ2) is 7.27. The summed E-state index contributed by atoms with van der Waals surface area (Å²) < 4.78 is 0. The van der Waals surface area contributed by atoms with E-state index in [1.165, 1.54) is 0 Å². The Morgan fingerprint density at radius 3 is 2.62 bits per heavy atom. The topological polar surface area (TPSA) is 69.6 Å². The van der Waals surface area contributed by atoms with Crippen LogP contribution in [0.25, 0.3) is 0 Å². The van der Waals surface area contributed by atoms with E-state index in [4.69, 9.17) is 5.11 Å². The first-order chi connectivity index (χ1) is 11.7. The maximum Gasteiger partial charge on any atom is 0.229 e. The molecule has 2 aromatic carbocycles. The van der Waals surface area contributed by atoms with Gasteiger partial charge in [0, 0.05) is 25.2 Å². The van der Waals surface area contributed by atoms with Gasteiger partial charge < -0.3 is 15.3 Å². The molecule has 124 valence electrons. The highest BCUT2D eigenvalue weighted by atomic mass is 16.3. The molecule has 0 spiro atoms. The van der Waals surface area contributed by atoms with E-state index in [1.807, 2.05) is 30.3 Å². The average Bonchev–Trinajstić information content (AvgIpc) is 2.97. The third-order valence-electron chi connectivity index (χ3n) is 4.18. The zero-order valence-electron chi connectivity index (χ0n) is 13.3. The highest BCUT2D eigenvalue weighted by Gasteiger charge is 2.34. The number of hydrogen-bond acceptors (Lipinski definition) is 3. The maximum atomic E-state index is 12.4. The molecule has 0 aliphatic carbocycles. The van der Waals surface area contributed by atoms with Crippen LogP contribution in [0.15, 0.2) is 54.6 Å². The number of nitrogens with zero attached hydrogens (tertiary/aromatic N) is 1. The van der Waals surface area contributed by atoms with Gasteiger partial charge in [-0.2, -0.15) is 0 Å². The molecule has 5 nitrogen and oxygen atoms in total. The van der Waals surface area contributed by atoms with Crippen LogP contribution in [0, 0.1) is 5.92 Å². The van der Waals surface area contributed by atoms with Crippen molar-refractivity contribution in [2.45, 2.75) is 19.6 Å². The molecule has 2 N–H and O–H groups in total. The zero-order valence-corrected chi connectivity index (χ0v) is 13.3. The lowest BCUT2D eigenvalue weighted by Crippen LogP contribution is -2.28. The molecule has 2 amide bonds. The van der Waals surface area contributed by atoms with Gasteiger partial charge in [0.2, 0.25) is 11.8 Å². The van der Waals surface area contributed by atoms with Crippen molar-refractivity contribution in [1.29, 1.82) is 0 Å². The molecule has 1 unspecified atom stereocenters. The fourth-order valence-corrected chi connectivity index (χ4v) is 2.90. The van der Waals surface area contributed by atoms with Crippen LogP contribution in [-0.4, -0.2) is 28.4 Å². The van der Waals surface area contributed by atoms with Gasteiger partial charge >= 0.3 is 0 Å². The van der Waals surface area contributed by atoms with Crippen molar-refractivity contribution in [3.8, 4) is 0 Å². The van der Waals surface area contributed by atoms with Crippen molar-refractivity contribution < 1.29 is 14.7 Å². The van der Waals surface area contributed by atoms with Gasteiger partial charge in [-0.1, -0.05) is 42.5 Å². The largest absolute Gasteiger partial charge is 0.392 e. The summed E-state index contributed by atoms with van der Waals surface area (Å²) in [6.45, 7) is 0.888. The van der Waals surface area contributed by atoms with Gasteiger partial charge in [0.1, 0.15) is 0 Å². The highest BCUT2D eigenvalue weighted by molar-refractivity contribution is 5.97. The summed E-state index contributed by atoms with van der Waals surface area (Å²) in [7, 11) is 0. The predicted octanol–water partition coefficient (Wildman–Crippen LogP) is 2.17. The monoisotopic (exact) mass is 324 g/mol. The standard InChI is InChI=1S/C19H20N2O3/c22-13-15-7-4-8-17(9-15)20-19(24)16-10-18(23)21(12-16)11-14-5-2-1-3-6-14/h1-9,16,22H,10-13H2,(H,20,24). The van der Waals surface area contributed by atoms with Gasteiger partial charge in [0.25, 0.3) is 0 Å². The summed E-state index contributed by atoms with van der Waals surface area (Å²) in [6, 6.07) is 16.8. The van der Waals surface area contributed by atoms with Crippen molar-refractivity contribution in [3.63, 3.8) is 0 Å². The van der Waals surface area contributed by atoms with Crippen LogP contribution >= 0.6 is 0 Å². The molecule has 1 saturated heterocycles. The summed E-state index contributed by atoms with van der Waals surface area (Å²) >= 11 is 0. The van der Waals surface area contributed by atoms with E-state index in [0.717, 1.165) is 11.1 Å². The van der Waals surface area contributed by atoms with Gasteiger partial charge in [0.15, 0.2) is 0 Å². The Kier molecular flexibility index (Phi) is 4.91. The number of likely N-dealkylation sites (tertiary alicyclic amines) is 1. The van der Waals surface area contributed by atoms with Gasteiger partial charge in [-0.3, -0.25) is 9.59 Å². The Hall–Kier alpha value is -2.66. The third-order valence-corrected chi connectivity index (χ3v) is 4.18. The summed E-state index contributed by atoms with van der Waals surface area (Å²) in [5.74, 6) is -0.504. The number of nitrogens with one attached hydrogen (secondary N) is 1. The summed E-state index contributed by atoms with van der Waals surface area (Å²) in [6.07, 6.45) is 0.234. The number of carbonyl (C=O) groups is 2. The fourth-order valence-electron chi connectivity index (χ4n) is 2.90. The van der Waals surface area contributed by atoms with Gasteiger partial charge in [-0.15, -0.1) is 0 Å². The van der Waals surface area contributed by atoms with Crippen LogP contribution in [-0.2, 0) is 22.7 Å². The minimum absolute atomic E-state index is 0.00288. The number of rotatable bonds is 5. The Morgan fingerprint density at radius 1 is 1.12 bits per heavy atom. The first kappa shape index (κ1) is 16.2. The number of anilines is 1. The number of benzene rings is 2. The van der Waals surface area contributed by atoms with E-state index in [2.05, 4.69) is 5.32 Å². The van der Waals surface area contributed by atoms with E-state index in [-0.39, 0.29) is 30.8 Å². The van der Waals surface area contributed by atoms with E-state index in [1.54, 1.807) is 29.2 Å². The van der Waals surface area contributed by atoms with E-state index < -0.39 is 0 Å². The normalized spacial score (nSPS) is 17.1. The Bertz CT molecular complexity index is 730. The molecule has 0 radical (unpaired) electrons. The van der Waals surface area contributed by atoms with Crippen LogP contribution in [0.3, 0.4) is 0 Å². The molecule has 2 aromatic rings. The van der Waals surface area contributed by atoms with Crippen LogP contribution in [0.2, 0.25) is 0 Å². The molecule has 1 aliphatic rings. The Balaban J connectivity index is 1.61. The number of aliphatic hydroxyl groups is 1. The SMILES string of the molecule is O=C(Nc1cccc(CO)c1)C1CC(=O)N(Cc2ccccc2)C1. The molecule has 24 heavy (non-hydrogen) atoms. The van der Waals surface area contributed by atoms with E-state index >= 15 is 0 Å². The number of hydrogen-bond donors (Lipinski definition) is 2. The third kappa shape index (κ3) is 3.81. The molecule has 0 bridgehead atoms. The zero-order chi connectivity index (χ0) is 16.9. The molecule has 3 rings (SSSR count). The summed E-state index contributed by atoms with van der Waals surface area (Å²) in [5.41, 5.74) is 2.43. The molecule has 0 aromatic heterocycles. The predicted molar refractivity (Wildman–Crippen MR) is 91.0 cm³/mol. The van der Waals surface area contributed by atoms with Gasteiger partial charge in [-0.05, 0) is 23.3 Å². The second-order valence-electron chi connectivity index (χ2n) is 6.01. The molecule has 1 heterocycles. The van der Waals surface area contributed by atoms with Gasteiger partial charge in [-0.25, -0.2) is 0 Å². The first-order valence-corrected chi connectivity index (χ1v) is 7.98. The molecular formula is C19H20N2O3. The first-order valence-electron chi connectivity index (χ1n) is 7.98. The molecule has 1 fully saturated rings. The van der Waals surface area contributed by atoms with Crippen LogP contribution in [0.4, 0.5) is 5.69 Å². The average molecular weight is 324 g/mol. The molecular weight excluding hydrogens is 304 g/mol. The molecule has 5 heteroatoms. The van der Waals surface area contributed by atoms with Crippen molar-refractivity contribution in [1.82, 2.24) is 4.90 Å². The summed E-state index contributed by atoms with van der Waals surface area (Å²) in [4.78, 5) is 26.3. The fraction of sp³-hybridized carbons (Fsp3) is 0.263. The maximum absolute atomic E-state index is 12.4. The van der Waals surface area contributed by atoms with Crippen molar-refractivity contribution in [2.75, 3.05) is 11.9 Å². The molecule has 0 saturated carbocycles. The summed E-state index contributed by atoms with van der Waals surface area (Å²) in [5, 5.41) is 12.0.